The number of halogens is 1. The van der Waals surface area contributed by atoms with E-state index in [1.54, 1.807) is 0 Å². The van der Waals surface area contributed by atoms with Crippen LogP contribution in [0, 0.1) is 6.20 Å². The summed E-state index contributed by atoms with van der Waals surface area (Å²) in [5, 5.41) is 1.17. The molecule has 11 heavy (non-hydrogen) atoms. The second-order valence-corrected chi connectivity index (χ2v) is 2.74. The van der Waals surface area contributed by atoms with E-state index in [0.717, 1.165) is 11.1 Å². The molecule has 1 radical (unpaired) electrons. The van der Waals surface area contributed by atoms with Crippen LogP contribution >= 0.6 is 11.6 Å². The van der Waals surface area contributed by atoms with Gasteiger partial charge in [0.2, 0.25) is 0 Å². The highest BCUT2D eigenvalue weighted by atomic mass is 35.5. The Labute approximate surface area is 70.0 Å². The Balaban J connectivity index is 2.67. The molecule has 55 valence electrons. The lowest BCUT2D eigenvalue weighted by Gasteiger charge is -1.93. The van der Waals surface area contributed by atoms with Gasteiger partial charge in [-0.2, -0.15) is 0 Å². The molecule has 2 rings (SSSR count). The standard InChI is InChI=1S/C9H7ClN/c10-6-7-1-2-9-8(5-7)3-4-11-9/h1-3,5,11H,6H2. The van der Waals surface area contributed by atoms with Crippen LogP contribution < -0.4 is 0 Å². The number of aromatic nitrogens is 1. The number of hydrogen-bond donors (Lipinski definition) is 1. The number of alkyl halides is 1. The first-order valence-electron chi connectivity index (χ1n) is 3.44. The predicted molar refractivity (Wildman–Crippen MR) is 46.7 cm³/mol. The van der Waals surface area contributed by atoms with Crippen LogP contribution in [0.15, 0.2) is 24.3 Å². The molecular formula is C9H7ClN. The van der Waals surface area contributed by atoms with Gasteiger partial charge in [-0.25, -0.2) is 0 Å². The van der Waals surface area contributed by atoms with Crippen LogP contribution in [0.2, 0.25) is 0 Å². The molecule has 0 amide bonds. The third-order valence-electron chi connectivity index (χ3n) is 1.70. The summed E-state index contributed by atoms with van der Waals surface area (Å²) < 4.78 is 0. The van der Waals surface area contributed by atoms with Crippen molar-refractivity contribution in [2.75, 3.05) is 0 Å². The van der Waals surface area contributed by atoms with Gasteiger partial charge in [0.05, 0.1) is 6.20 Å². The lowest BCUT2D eigenvalue weighted by Crippen LogP contribution is -1.75. The minimum atomic E-state index is 0.571. The predicted octanol–water partition coefficient (Wildman–Crippen LogP) is 2.71. The molecule has 0 spiro atoms. The van der Waals surface area contributed by atoms with Crippen molar-refractivity contribution >= 4 is 22.5 Å². The van der Waals surface area contributed by atoms with Crippen molar-refractivity contribution < 1.29 is 0 Å². The number of hydrogen-bond acceptors (Lipinski definition) is 0. The fourth-order valence-corrected chi connectivity index (χ4v) is 1.29. The maximum absolute atomic E-state index is 5.67. The Kier molecular flexibility index (Phi) is 1.59. The van der Waals surface area contributed by atoms with Crippen molar-refractivity contribution in [1.29, 1.82) is 0 Å². The maximum atomic E-state index is 5.67. The summed E-state index contributed by atoms with van der Waals surface area (Å²) in [7, 11) is 0. The molecule has 0 unspecified atom stereocenters. The molecule has 0 saturated heterocycles. The summed E-state index contributed by atoms with van der Waals surface area (Å²) in [5.41, 5.74) is 2.26. The smallest absolute Gasteiger partial charge is 0.0630 e. The molecule has 2 heteroatoms. The largest absolute Gasteiger partial charge is 0.353 e. The van der Waals surface area contributed by atoms with Gasteiger partial charge in [-0.15, -0.1) is 11.6 Å². The number of aromatic amines is 1. The van der Waals surface area contributed by atoms with Gasteiger partial charge in [0.15, 0.2) is 0 Å². The molecule has 0 bridgehead atoms. The first kappa shape index (κ1) is 6.74. The van der Waals surface area contributed by atoms with Crippen molar-refractivity contribution in [2.45, 2.75) is 5.88 Å². The summed E-state index contributed by atoms with van der Waals surface area (Å²) >= 11 is 5.67. The zero-order chi connectivity index (χ0) is 7.68. The topological polar surface area (TPSA) is 15.8 Å². The quantitative estimate of drug-likeness (QED) is 0.624. The third-order valence-corrected chi connectivity index (χ3v) is 2.01. The lowest BCUT2D eigenvalue weighted by molar-refractivity contribution is 1.41. The van der Waals surface area contributed by atoms with Crippen molar-refractivity contribution in [1.82, 2.24) is 4.98 Å². The van der Waals surface area contributed by atoms with Gasteiger partial charge in [0.1, 0.15) is 0 Å². The molecule has 1 aromatic carbocycles. The average molecular weight is 165 g/mol. The highest BCUT2D eigenvalue weighted by Crippen LogP contribution is 2.14. The van der Waals surface area contributed by atoms with E-state index in [4.69, 9.17) is 11.6 Å². The molecule has 1 heterocycles. The number of benzene rings is 1. The van der Waals surface area contributed by atoms with E-state index in [0.29, 0.717) is 5.88 Å². The number of fused-ring (bicyclic) bond motifs is 1. The van der Waals surface area contributed by atoms with Gasteiger partial charge in [0, 0.05) is 16.8 Å². The van der Waals surface area contributed by atoms with Gasteiger partial charge < -0.3 is 4.98 Å². The summed E-state index contributed by atoms with van der Waals surface area (Å²) in [4.78, 5) is 3.00. The van der Waals surface area contributed by atoms with E-state index in [2.05, 4.69) is 17.2 Å². The molecule has 0 aliphatic carbocycles. The highest BCUT2D eigenvalue weighted by Gasteiger charge is 1.94. The van der Waals surface area contributed by atoms with Crippen LogP contribution in [0.1, 0.15) is 5.56 Å². The summed E-state index contributed by atoms with van der Waals surface area (Å²) in [6.45, 7) is 0. The molecule has 1 aromatic heterocycles. The molecule has 0 saturated carbocycles. The molecule has 1 N–H and O–H groups in total. The first-order chi connectivity index (χ1) is 5.40. The van der Waals surface area contributed by atoms with Gasteiger partial charge in [-0.1, -0.05) is 6.07 Å². The minimum absolute atomic E-state index is 0.571. The molecular weight excluding hydrogens is 158 g/mol. The SMILES string of the molecule is ClCc1ccc2[nH][c]cc2c1. The van der Waals surface area contributed by atoms with E-state index >= 15 is 0 Å². The van der Waals surface area contributed by atoms with Crippen molar-refractivity contribution in [3.63, 3.8) is 0 Å². The molecule has 2 aromatic rings. The van der Waals surface area contributed by atoms with Gasteiger partial charge >= 0.3 is 0 Å². The Morgan fingerprint density at radius 3 is 3.18 bits per heavy atom. The number of rotatable bonds is 1. The van der Waals surface area contributed by atoms with E-state index in [9.17, 15) is 0 Å². The lowest BCUT2D eigenvalue weighted by atomic mass is 10.2. The maximum Gasteiger partial charge on any atom is 0.0630 e. The van der Waals surface area contributed by atoms with E-state index in [1.165, 1.54) is 5.39 Å². The van der Waals surface area contributed by atoms with Gasteiger partial charge in [0.25, 0.3) is 0 Å². The van der Waals surface area contributed by atoms with E-state index in [-0.39, 0.29) is 0 Å². The van der Waals surface area contributed by atoms with Gasteiger partial charge in [-0.3, -0.25) is 0 Å². The number of nitrogens with one attached hydrogen (secondary N) is 1. The fraction of sp³-hybridized carbons (Fsp3) is 0.111. The second-order valence-electron chi connectivity index (χ2n) is 2.47. The minimum Gasteiger partial charge on any atom is -0.353 e. The molecule has 0 atom stereocenters. The van der Waals surface area contributed by atoms with E-state index in [1.807, 2.05) is 18.2 Å². The molecule has 0 fully saturated rings. The third kappa shape index (κ3) is 1.12. The van der Waals surface area contributed by atoms with Crippen LogP contribution in [0.25, 0.3) is 10.9 Å². The number of H-pyrrole nitrogens is 1. The Morgan fingerprint density at radius 1 is 1.45 bits per heavy atom. The Hall–Kier alpha value is -0.950. The highest BCUT2D eigenvalue weighted by molar-refractivity contribution is 6.17. The Morgan fingerprint density at radius 2 is 2.36 bits per heavy atom. The average Bonchev–Trinajstić information content (AvgIpc) is 2.50. The second kappa shape index (κ2) is 2.59. The Bertz CT molecular complexity index is 364. The van der Waals surface area contributed by atoms with Crippen LogP contribution in [0.4, 0.5) is 0 Å². The summed E-state index contributed by atoms with van der Waals surface area (Å²) in [6, 6.07) is 8.02. The normalized spacial score (nSPS) is 10.6. The zero-order valence-electron chi connectivity index (χ0n) is 5.89. The van der Waals surface area contributed by atoms with Gasteiger partial charge in [-0.05, 0) is 23.8 Å². The molecule has 0 aliphatic heterocycles. The van der Waals surface area contributed by atoms with Crippen molar-refractivity contribution in [2.24, 2.45) is 0 Å². The van der Waals surface area contributed by atoms with Crippen LogP contribution in [-0.4, -0.2) is 4.98 Å². The van der Waals surface area contributed by atoms with Crippen molar-refractivity contribution in [3.8, 4) is 0 Å². The van der Waals surface area contributed by atoms with E-state index < -0.39 is 0 Å². The zero-order valence-corrected chi connectivity index (χ0v) is 6.65. The summed E-state index contributed by atoms with van der Waals surface area (Å²) in [5.74, 6) is 0.571. The summed E-state index contributed by atoms with van der Waals surface area (Å²) in [6.07, 6.45) is 2.92. The fourth-order valence-electron chi connectivity index (χ4n) is 1.12. The first-order valence-corrected chi connectivity index (χ1v) is 3.97. The molecule has 1 nitrogen and oxygen atoms in total. The van der Waals surface area contributed by atoms with Crippen LogP contribution in [0.5, 0.6) is 0 Å². The monoisotopic (exact) mass is 164 g/mol. The molecule has 0 aliphatic rings. The van der Waals surface area contributed by atoms with Crippen LogP contribution in [-0.2, 0) is 5.88 Å². The van der Waals surface area contributed by atoms with Crippen molar-refractivity contribution in [3.05, 3.63) is 36.0 Å². The van der Waals surface area contributed by atoms with Crippen LogP contribution in [0.3, 0.4) is 0 Å².